The lowest BCUT2D eigenvalue weighted by Crippen LogP contribution is -2.42. The summed E-state index contributed by atoms with van der Waals surface area (Å²) in [6, 6.07) is 3.01. The van der Waals surface area contributed by atoms with Gasteiger partial charge in [0.25, 0.3) is 0 Å². The molecule has 0 heterocycles. The van der Waals surface area contributed by atoms with E-state index in [1.807, 2.05) is 7.05 Å². The van der Waals surface area contributed by atoms with Gasteiger partial charge in [0.1, 0.15) is 5.54 Å². The van der Waals surface area contributed by atoms with Crippen LogP contribution in [0.25, 0.3) is 0 Å². The van der Waals surface area contributed by atoms with Crippen LogP contribution in [0.4, 0.5) is 0 Å². The van der Waals surface area contributed by atoms with Crippen molar-refractivity contribution in [3.63, 3.8) is 0 Å². The molecule has 0 rings (SSSR count). The SMILES string of the molecule is CCC(C#N)(CCCN(C)C(C)C(C)C)NC. The minimum absolute atomic E-state index is 0.331. The molecule has 17 heavy (non-hydrogen) atoms. The third-order valence-electron chi connectivity index (χ3n) is 4.07. The molecule has 0 aromatic heterocycles. The molecule has 0 spiro atoms. The van der Waals surface area contributed by atoms with E-state index >= 15 is 0 Å². The maximum atomic E-state index is 9.21. The quantitative estimate of drug-likeness (QED) is 0.708. The predicted molar refractivity (Wildman–Crippen MR) is 73.9 cm³/mol. The van der Waals surface area contributed by atoms with Crippen LogP contribution in [0.15, 0.2) is 0 Å². The van der Waals surface area contributed by atoms with Crippen molar-refractivity contribution in [2.24, 2.45) is 5.92 Å². The van der Waals surface area contributed by atoms with Crippen LogP contribution in [0.5, 0.6) is 0 Å². The Bertz CT molecular complexity index is 238. The zero-order valence-corrected chi connectivity index (χ0v) is 12.4. The zero-order chi connectivity index (χ0) is 13.5. The van der Waals surface area contributed by atoms with Gasteiger partial charge in [0.2, 0.25) is 0 Å². The highest BCUT2D eigenvalue weighted by atomic mass is 15.1. The lowest BCUT2D eigenvalue weighted by atomic mass is 9.92. The van der Waals surface area contributed by atoms with E-state index in [0.29, 0.717) is 12.0 Å². The highest BCUT2D eigenvalue weighted by Gasteiger charge is 2.25. The fraction of sp³-hybridized carbons (Fsp3) is 0.929. The number of hydrogen-bond acceptors (Lipinski definition) is 3. The van der Waals surface area contributed by atoms with E-state index in [0.717, 1.165) is 25.8 Å². The van der Waals surface area contributed by atoms with Crippen molar-refractivity contribution in [1.29, 1.82) is 5.26 Å². The third-order valence-corrected chi connectivity index (χ3v) is 4.07. The van der Waals surface area contributed by atoms with Crippen LogP contribution in [0.2, 0.25) is 0 Å². The van der Waals surface area contributed by atoms with Gasteiger partial charge in [-0.3, -0.25) is 0 Å². The van der Waals surface area contributed by atoms with Crippen LogP contribution in [0.1, 0.15) is 47.0 Å². The van der Waals surface area contributed by atoms with E-state index in [9.17, 15) is 5.26 Å². The first-order valence-corrected chi connectivity index (χ1v) is 6.72. The third kappa shape index (κ3) is 5.06. The summed E-state index contributed by atoms with van der Waals surface area (Å²) in [5, 5.41) is 12.4. The van der Waals surface area contributed by atoms with E-state index in [1.165, 1.54) is 0 Å². The molecular formula is C14H29N3. The summed E-state index contributed by atoms with van der Waals surface area (Å²) in [7, 11) is 4.05. The average molecular weight is 239 g/mol. The highest BCUT2D eigenvalue weighted by Crippen LogP contribution is 2.17. The summed E-state index contributed by atoms with van der Waals surface area (Å²) in [6.07, 6.45) is 2.85. The van der Waals surface area contributed by atoms with Gasteiger partial charge in [-0.1, -0.05) is 20.8 Å². The van der Waals surface area contributed by atoms with E-state index < -0.39 is 0 Å². The first-order valence-electron chi connectivity index (χ1n) is 6.72. The van der Waals surface area contributed by atoms with Gasteiger partial charge in [0.05, 0.1) is 6.07 Å². The Kier molecular flexibility index (Phi) is 7.41. The Hall–Kier alpha value is -0.590. The fourth-order valence-corrected chi connectivity index (χ4v) is 2.01. The highest BCUT2D eigenvalue weighted by molar-refractivity contribution is 5.05. The lowest BCUT2D eigenvalue weighted by molar-refractivity contribution is 0.198. The second-order valence-corrected chi connectivity index (χ2v) is 5.37. The van der Waals surface area contributed by atoms with E-state index in [1.54, 1.807) is 0 Å². The van der Waals surface area contributed by atoms with Gasteiger partial charge in [-0.15, -0.1) is 0 Å². The summed E-state index contributed by atoms with van der Waals surface area (Å²) < 4.78 is 0. The van der Waals surface area contributed by atoms with E-state index in [-0.39, 0.29) is 5.54 Å². The van der Waals surface area contributed by atoms with Gasteiger partial charge in [0.15, 0.2) is 0 Å². The van der Waals surface area contributed by atoms with Crippen LogP contribution >= 0.6 is 0 Å². The zero-order valence-electron chi connectivity index (χ0n) is 12.4. The van der Waals surface area contributed by atoms with Crippen LogP contribution in [0.3, 0.4) is 0 Å². The molecule has 1 N–H and O–H groups in total. The first-order chi connectivity index (χ1) is 7.92. The molecule has 2 unspecified atom stereocenters. The second-order valence-electron chi connectivity index (χ2n) is 5.37. The largest absolute Gasteiger partial charge is 0.303 e. The van der Waals surface area contributed by atoms with Crippen molar-refractivity contribution in [3.05, 3.63) is 0 Å². The Morgan fingerprint density at radius 1 is 1.35 bits per heavy atom. The van der Waals surface area contributed by atoms with Crippen LogP contribution in [-0.4, -0.2) is 37.1 Å². The molecule has 100 valence electrons. The molecule has 2 atom stereocenters. The number of nitrogens with zero attached hydrogens (tertiary/aromatic N) is 2. The molecule has 0 saturated heterocycles. The molecule has 0 bridgehead atoms. The number of hydrogen-bond donors (Lipinski definition) is 1. The van der Waals surface area contributed by atoms with Crippen molar-refractivity contribution in [3.8, 4) is 6.07 Å². The molecule has 0 fully saturated rings. The summed E-state index contributed by atoms with van der Waals surface area (Å²) in [5.74, 6) is 0.677. The van der Waals surface area contributed by atoms with Gasteiger partial charge >= 0.3 is 0 Å². The first kappa shape index (κ1) is 16.4. The molecule has 0 aromatic rings. The van der Waals surface area contributed by atoms with Crippen molar-refractivity contribution in [2.45, 2.75) is 58.5 Å². The summed E-state index contributed by atoms with van der Waals surface area (Å²) >= 11 is 0. The maximum Gasteiger partial charge on any atom is 0.106 e. The minimum atomic E-state index is -0.331. The van der Waals surface area contributed by atoms with Crippen molar-refractivity contribution < 1.29 is 0 Å². The topological polar surface area (TPSA) is 39.1 Å². The smallest absolute Gasteiger partial charge is 0.106 e. The van der Waals surface area contributed by atoms with Crippen molar-refractivity contribution in [1.82, 2.24) is 10.2 Å². The summed E-state index contributed by atoms with van der Waals surface area (Å²) in [4.78, 5) is 2.39. The second kappa shape index (κ2) is 7.68. The Morgan fingerprint density at radius 3 is 2.29 bits per heavy atom. The van der Waals surface area contributed by atoms with Gasteiger partial charge in [-0.25, -0.2) is 0 Å². The average Bonchev–Trinajstić information content (AvgIpc) is 2.34. The number of rotatable bonds is 8. The summed E-state index contributed by atoms with van der Waals surface area (Å²) in [6.45, 7) is 9.89. The number of nitrogens with one attached hydrogen (secondary N) is 1. The van der Waals surface area contributed by atoms with Crippen LogP contribution in [0, 0.1) is 17.2 Å². The van der Waals surface area contributed by atoms with Crippen molar-refractivity contribution >= 4 is 0 Å². The molecule has 0 aromatic carbocycles. The molecule has 0 amide bonds. The fourth-order valence-electron chi connectivity index (χ4n) is 2.01. The van der Waals surface area contributed by atoms with Gasteiger partial charge in [0, 0.05) is 6.04 Å². The minimum Gasteiger partial charge on any atom is -0.303 e. The van der Waals surface area contributed by atoms with Crippen molar-refractivity contribution in [2.75, 3.05) is 20.6 Å². The molecule has 0 saturated carbocycles. The molecule has 3 heteroatoms. The van der Waals surface area contributed by atoms with Gasteiger partial charge in [-0.2, -0.15) is 5.26 Å². The Labute approximate surface area is 107 Å². The molecular weight excluding hydrogens is 210 g/mol. The maximum absolute atomic E-state index is 9.21. The van der Waals surface area contributed by atoms with E-state index in [2.05, 4.69) is 51.0 Å². The molecule has 0 aliphatic heterocycles. The Balaban J connectivity index is 4.10. The standard InChI is InChI=1S/C14H29N3/c1-7-14(11-15,16-5)9-8-10-17(6)13(4)12(2)3/h12-13,16H,7-10H2,1-6H3. The lowest BCUT2D eigenvalue weighted by Gasteiger charge is -2.30. The normalized spacial score (nSPS) is 16.9. The number of nitriles is 1. The van der Waals surface area contributed by atoms with E-state index in [4.69, 9.17) is 0 Å². The Morgan fingerprint density at radius 2 is 1.94 bits per heavy atom. The van der Waals surface area contributed by atoms with Gasteiger partial charge in [-0.05, 0) is 52.7 Å². The van der Waals surface area contributed by atoms with Crippen LogP contribution in [-0.2, 0) is 0 Å². The van der Waals surface area contributed by atoms with Crippen LogP contribution < -0.4 is 5.32 Å². The molecule has 3 nitrogen and oxygen atoms in total. The predicted octanol–water partition coefficient (Wildman–Crippen LogP) is 2.63. The van der Waals surface area contributed by atoms with Gasteiger partial charge < -0.3 is 10.2 Å². The monoisotopic (exact) mass is 239 g/mol. The molecule has 0 aliphatic rings. The molecule has 0 aliphatic carbocycles. The summed E-state index contributed by atoms with van der Waals surface area (Å²) in [5.41, 5.74) is -0.331. The molecule has 0 radical (unpaired) electrons.